The second kappa shape index (κ2) is 4.69. The normalized spacial score (nSPS) is 20.1. The van der Waals surface area contributed by atoms with Crippen molar-refractivity contribution in [1.82, 2.24) is 0 Å². The molecule has 0 aromatic rings. The molecule has 0 aromatic carbocycles. The largest absolute Gasteiger partial charge is 0.393 e. The van der Waals surface area contributed by atoms with Crippen LogP contribution in [0.1, 0.15) is 19.8 Å². The Balaban J connectivity index is 2.09. The van der Waals surface area contributed by atoms with Crippen molar-refractivity contribution in [3.63, 3.8) is 0 Å². The highest BCUT2D eigenvalue weighted by molar-refractivity contribution is 6.44. The van der Waals surface area contributed by atoms with E-state index in [1.165, 1.54) is 12.8 Å². The molecule has 0 aromatic heterocycles. The fourth-order valence-electron chi connectivity index (χ4n) is 0.947. The molecule has 0 N–H and O–H groups in total. The lowest BCUT2D eigenvalue weighted by molar-refractivity contribution is 0.188. The molecular weight excluding hydrogens is 156 g/mol. The highest BCUT2D eigenvalue weighted by Gasteiger charge is 2.18. The lowest BCUT2D eigenvalue weighted by Gasteiger charge is -2.19. The molecule has 1 aliphatic heterocycles. The van der Waals surface area contributed by atoms with Crippen LogP contribution in [0.15, 0.2) is 12.2 Å². The zero-order valence-corrected chi connectivity index (χ0v) is 8.06. The Morgan fingerprint density at radius 2 is 2.45 bits per heavy atom. The SMILES string of the molecule is C=C(C)CO[Si]1CCCCO1. The smallest absolute Gasteiger partial charge is 0.384 e. The van der Waals surface area contributed by atoms with Gasteiger partial charge in [-0.1, -0.05) is 12.2 Å². The Morgan fingerprint density at radius 1 is 1.64 bits per heavy atom. The highest BCUT2D eigenvalue weighted by Crippen LogP contribution is 2.11. The van der Waals surface area contributed by atoms with Gasteiger partial charge in [0.05, 0.1) is 6.61 Å². The molecule has 1 aliphatic rings. The van der Waals surface area contributed by atoms with Crippen molar-refractivity contribution in [2.75, 3.05) is 13.2 Å². The predicted molar refractivity (Wildman–Crippen MR) is 46.5 cm³/mol. The lowest BCUT2D eigenvalue weighted by atomic mass is 10.4. The molecule has 11 heavy (non-hydrogen) atoms. The van der Waals surface area contributed by atoms with Gasteiger partial charge in [0, 0.05) is 6.61 Å². The first kappa shape index (κ1) is 8.97. The van der Waals surface area contributed by atoms with Gasteiger partial charge in [-0.25, -0.2) is 0 Å². The van der Waals surface area contributed by atoms with Gasteiger partial charge in [0.25, 0.3) is 0 Å². The Morgan fingerprint density at radius 3 is 3.00 bits per heavy atom. The fourth-order valence-corrected chi connectivity index (χ4v) is 2.64. The van der Waals surface area contributed by atoms with Crippen molar-refractivity contribution >= 4 is 9.28 Å². The average Bonchev–Trinajstić information content (AvgIpc) is 2.03. The second-order valence-electron chi connectivity index (χ2n) is 2.92. The van der Waals surface area contributed by atoms with Gasteiger partial charge >= 0.3 is 9.28 Å². The first-order chi connectivity index (χ1) is 5.29. The minimum absolute atomic E-state index is 0.675. The van der Waals surface area contributed by atoms with Gasteiger partial charge in [-0.3, -0.25) is 0 Å². The Hall–Kier alpha value is -0.123. The standard InChI is InChI=1S/C8H15O2Si/c1-8(2)7-10-11-6-4-3-5-9-11/h1,3-7H2,2H3. The summed E-state index contributed by atoms with van der Waals surface area (Å²) in [6, 6.07) is 1.14. The Labute approximate surface area is 70.0 Å². The third-order valence-electron chi connectivity index (χ3n) is 1.52. The third kappa shape index (κ3) is 3.70. The maximum Gasteiger partial charge on any atom is 0.384 e. The summed E-state index contributed by atoms with van der Waals surface area (Å²) in [5.74, 6) is 0. The van der Waals surface area contributed by atoms with E-state index in [-0.39, 0.29) is 0 Å². The van der Waals surface area contributed by atoms with Crippen LogP contribution >= 0.6 is 0 Å². The van der Waals surface area contributed by atoms with Crippen LogP contribution in [-0.2, 0) is 8.85 Å². The second-order valence-corrected chi connectivity index (χ2v) is 4.74. The quantitative estimate of drug-likeness (QED) is 0.477. The van der Waals surface area contributed by atoms with Crippen molar-refractivity contribution in [2.24, 2.45) is 0 Å². The van der Waals surface area contributed by atoms with E-state index in [2.05, 4.69) is 6.58 Å². The van der Waals surface area contributed by atoms with E-state index in [1.807, 2.05) is 6.92 Å². The van der Waals surface area contributed by atoms with Crippen molar-refractivity contribution in [3.05, 3.63) is 12.2 Å². The molecule has 3 heteroatoms. The van der Waals surface area contributed by atoms with E-state index in [9.17, 15) is 0 Å². The minimum Gasteiger partial charge on any atom is -0.393 e. The molecule has 0 unspecified atom stereocenters. The monoisotopic (exact) mass is 171 g/mol. The molecular formula is C8H15O2Si. The number of hydrogen-bond acceptors (Lipinski definition) is 2. The van der Waals surface area contributed by atoms with Crippen LogP contribution in [0.2, 0.25) is 6.04 Å². The summed E-state index contributed by atoms with van der Waals surface area (Å²) in [7, 11) is -0.904. The summed E-state index contributed by atoms with van der Waals surface area (Å²) in [6.07, 6.45) is 2.47. The van der Waals surface area contributed by atoms with Crippen LogP contribution in [0.25, 0.3) is 0 Å². The summed E-state index contributed by atoms with van der Waals surface area (Å²) in [4.78, 5) is 0. The van der Waals surface area contributed by atoms with Gasteiger partial charge in [0.2, 0.25) is 0 Å². The number of rotatable bonds is 3. The maximum absolute atomic E-state index is 5.52. The van der Waals surface area contributed by atoms with E-state index < -0.39 is 9.28 Å². The molecule has 1 saturated heterocycles. The zero-order chi connectivity index (χ0) is 8.10. The molecule has 1 rings (SSSR count). The van der Waals surface area contributed by atoms with Gasteiger partial charge in [-0.05, 0) is 25.8 Å². The molecule has 0 spiro atoms. The van der Waals surface area contributed by atoms with Crippen LogP contribution in [0.5, 0.6) is 0 Å². The third-order valence-corrected chi connectivity index (χ3v) is 3.27. The summed E-state index contributed by atoms with van der Waals surface area (Å²) >= 11 is 0. The maximum atomic E-state index is 5.52. The predicted octanol–water partition coefficient (Wildman–Crippen LogP) is 1.88. The van der Waals surface area contributed by atoms with Gasteiger partial charge in [0.1, 0.15) is 0 Å². The highest BCUT2D eigenvalue weighted by atomic mass is 28.3. The van der Waals surface area contributed by atoms with E-state index >= 15 is 0 Å². The van der Waals surface area contributed by atoms with E-state index in [0.717, 1.165) is 18.2 Å². The van der Waals surface area contributed by atoms with Crippen LogP contribution in [0.3, 0.4) is 0 Å². The lowest BCUT2D eigenvalue weighted by Crippen LogP contribution is -2.27. The van der Waals surface area contributed by atoms with Crippen molar-refractivity contribution in [2.45, 2.75) is 25.8 Å². The molecule has 0 bridgehead atoms. The molecule has 63 valence electrons. The average molecular weight is 171 g/mol. The minimum atomic E-state index is -0.904. The molecule has 0 atom stereocenters. The first-order valence-corrected chi connectivity index (χ1v) is 5.57. The molecule has 0 aliphatic carbocycles. The van der Waals surface area contributed by atoms with E-state index in [1.54, 1.807) is 0 Å². The fraction of sp³-hybridized carbons (Fsp3) is 0.750. The van der Waals surface area contributed by atoms with Crippen LogP contribution in [-0.4, -0.2) is 22.5 Å². The zero-order valence-electron chi connectivity index (χ0n) is 7.06. The van der Waals surface area contributed by atoms with Gasteiger partial charge < -0.3 is 8.85 Å². The van der Waals surface area contributed by atoms with Gasteiger partial charge in [0.15, 0.2) is 0 Å². The summed E-state index contributed by atoms with van der Waals surface area (Å²) < 4.78 is 11.0. The molecule has 0 saturated carbocycles. The Kier molecular flexibility index (Phi) is 3.83. The van der Waals surface area contributed by atoms with E-state index in [0.29, 0.717) is 6.61 Å². The van der Waals surface area contributed by atoms with Crippen molar-refractivity contribution < 1.29 is 8.85 Å². The Bertz CT molecular complexity index is 130. The molecule has 0 amide bonds. The van der Waals surface area contributed by atoms with E-state index in [4.69, 9.17) is 8.85 Å². The summed E-state index contributed by atoms with van der Waals surface area (Å²) in [6.45, 7) is 7.32. The summed E-state index contributed by atoms with van der Waals surface area (Å²) in [5.41, 5.74) is 1.08. The molecule has 1 fully saturated rings. The number of hydrogen-bond donors (Lipinski definition) is 0. The van der Waals surface area contributed by atoms with Crippen molar-refractivity contribution in [1.29, 1.82) is 0 Å². The molecule has 1 heterocycles. The molecule has 2 nitrogen and oxygen atoms in total. The van der Waals surface area contributed by atoms with Crippen LogP contribution < -0.4 is 0 Å². The topological polar surface area (TPSA) is 18.5 Å². The molecule has 1 radical (unpaired) electrons. The summed E-state index contributed by atoms with van der Waals surface area (Å²) in [5, 5.41) is 0. The van der Waals surface area contributed by atoms with Gasteiger partial charge in [-0.15, -0.1) is 0 Å². The van der Waals surface area contributed by atoms with Gasteiger partial charge in [-0.2, -0.15) is 0 Å². The van der Waals surface area contributed by atoms with Crippen LogP contribution in [0, 0.1) is 0 Å². The van der Waals surface area contributed by atoms with Crippen molar-refractivity contribution in [3.8, 4) is 0 Å². The first-order valence-electron chi connectivity index (χ1n) is 4.05. The van der Waals surface area contributed by atoms with Crippen LogP contribution in [0.4, 0.5) is 0 Å².